The molecule has 1 heterocycles. The van der Waals surface area contributed by atoms with E-state index in [9.17, 15) is 24.6 Å². The molecule has 2 rings (SSSR count). The number of hydrogen-bond acceptors (Lipinski definition) is 5. The highest BCUT2D eigenvalue weighted by Crippen LogP contribution is 2.30. The molecule has 24 heavy (non-hydrogen) atoms. The van der Waals surface area contributed by atoms with Crippen LogP contribution in [0.2, 0.25) is 0 Å². The van der Waals surface area contributed by atoms with Crippen molar-refractivity contribution in [2.24, 2.45) is 0 Å². The molecule has 7 nitrogen and oxygen atoms in total. The van der Waals surface area contributed by atoms with Crippen molar-refractivity contribution in [3.8, 4) is 5.75 Å². The van der Waals surface area contributed by atoms with E-state index in [2.05, 4.69) is 6.58 Å². The summed E-state index contributed by atoms with van der Waals surface area (Å²) in [4.78, 5) is 35.4. The molecule has 0 saturated carbocycles. The van der Waals surface area contributed by atoms with Crippen LogP contribution in [0.25, 0.3) is 11.0 Å². The molecule has 2 aromatic rings. The normalized spacial score (nSPS) is 11.9. The fraction of sp³-hybridized carbons (Fsp3) is 0.235. The van der Waals surface area contributed by atoms with Gasteiger partial charge < -0.3 is 19.5 Å². The average molecular weight is 331 g/mol. The molecule has 0 radical (unpaired) electrons. The van der Waals surface area contributed by atoms with E-state index < -0.39 is 11.7 Å². The summed E-state index contributed by atoms with van der Waals surface area (Å²) in [5.41, 5.74) is -0.256. The number of fused-ring (bicyclic) bond motifs is 1. The third-order valence-electron chi connectivity index (χ3n) is 3.72. The molecule has 0 bridgehead atoms. The Morgan fingerprint density at radius 3 is 2.75 bits per heavy atom. The van der Waals surface area contributed by atoms with Crippen molar-refractivity contribution in [1.29, 1.82) is 0 Å². The van der Waals surface area contributed by atoms with Crippen LogP contribution in [0, 0.1) is 0 Å². The van der Waals surface area contributed by atoms with Crippen LogP contribution in [0.5, 0.6) is 5.75 Å². The van der Waals surface area contributed by atoms with E-state index >= 15 is 0 Å². The number of phenolic OH excluding ortho intramolecular Hbond substituents is 1. The molecule has 126 valence electrons. The molecule has 1 amide bonds. The van der Waals surface area contributed by atoms with Crippen LogP contribution in [-0.2, 0) is 0 Å². The summed E-state index contributed by atoms with van der Waals surface area (Å²) in [6.07, 6.45) is 0.789. The maximum Gasteiger partial charge on any atom is 0.407 e. The molecular weight excluding hydrogens is 314 g/mol. The first kappa shape index (κ1) is 17.3. The number of carboxylic acid groups (broad SMARTS) is 1. The van der Waals surface area contributed by atoms with Gasteiger partial charge in [0, 0.05) is 24.5 Å². The summed E-state index contributed by atoms with van der Waals surface area (Å²) in [6, 6.07) is 4.14. The summed E-state index contributed by atoms with van der Waals surface area (Å²) in [6.45, 7) is 5.58. The number of aldehydes is 1. The van der Waals surface area contributed by atoms with Gasteiger partial charge in [0.2, 0.25) is 0 Å². The van der Waals surface area contributed by atoms with Crippen LogP contribution in [0.3, 0.4) is 0 Å². The van der Waals surface area contributed by atoms with Crippen LogP contribution < -0.4 is 5.63 Å². The second kappa shape index (κ2) is 6.99. The van der Waals surface area contributed by atoms with Crippen molar-refractivity contribution in [2.75, 3.05) is 13.1 Å². The smallest absolute Gasteiger partial charge is 0.407 e. The second-order valence-electron chi connectivity index (χ2n) is 5.39. The molecule has 0 fully saturated rings. The lowest BCUT2D eigenvalue weighted by atomic mass is 9.96. The van der Waals surface area contributed by atoms with Gasteiger partial charge >= 0.3 is 11.7 Å². The Morgan fingerprint density at radius 2 is 2.17 bits per heavy atom. The number of benzene rings is 1. The number of aromatic hydroxyl groups is 1. The summed E-state index contributed by atoms with van der Waals surface area (Å²) >= 11 is 0. The van der Waals surface area contributed by atoms with E-state index in [0.717, 1.165) is 0 Å². The number of hydrogen-bond donors (Lipinski definition) is 2. The molecule has 0 aliphatic rings. The van der Waals surface area contributed by atoms with Gasteiger partial charge in [-0.05, 0) is 23.6 Å². The Labute approximate surface area is 137 Å². The SMILES string of the molecule is C=CCN(CC(C)c1cc(=O)oc2c(C=O)c(O)ccc12)C(=O)O. The molecule has 2 N–H and O–H groups in total. The Kier molecular flexibility index (Phi) is 5.03. The quantitative estimate of drug-likeness (QED) is 0.478. The van der Waals surface area contributed by atoms with Gasteiger partial charge in [0.25, 0.3) is 0 Å². The van der Waals surface area contributed by atoms with Gasteiger partial charge in [0.15, 0.2) is 11.9 Å². The first-order valence-electron chi connectivity index (χ1n) is 7.22. The van der Waals surface area contributed by atoms with Crippen molar-refractivity contribution >= 4 is 23.3 Å². The minimum atomic E-state index is -1.10. The topological polar surface area (TPSA) is 108 Å². The standard InChI is InChI=1S/C17H17NO6/c1-3-6-18(17(22)23)8-10(2)12-7-15(21)24-16-11(12)4-5-14(20)13(16)9-19/h3-5,7,9-10,20H,1,6,8H2,2H3,(H,22,23). The predicted octanol–water partition coefficient (Wildman–Crippen LogP) is 2.58. The van der Waals surface area contributed by atoms with E-state index in [1.807, 2.05) is 0 Å². The molecule has 0 saturated heterocycles. The lowest BCUT2D eigenvalue weighted by Gasteiger charge is -2.22. The molecule has 0 aliphatic heterocycles. The maximum absolute atomic E-state index is 11.8. The van der Waals surface area contributed by atoms with E-state index in [1.165, 1.54) is 29.2 Å². The Balaban J connectivity index is 2.55. The molecule has 7 heteroatoms. The predicted molar refractivity (Wildman–Crippen MR) is 87.7 cm³/mol. The van der Waals surface area contributed by atoms with E-state index in [0.29, 0.717) is 17.2 Å². The molecular formula is C17H17NO6. The largest absolute Gasteiger partial charge is 0.507 e. The van der Waals surface area contributed by atoms with Crippen molar-refractivity contribution < 1.29 is 24.2 Å². The van der Waals surface area contributed by atoms with Crippen LogP contribution in [0.4, 0.5) is 4.79 Å². The lowest BCUT2D eigenvalue weighted by molar-refractivity contribution is 0.112. The van der Waals surface area contributed by atoms with Gasteiger partial charge in [-0.2, -0.15) is 0 Å². The zero-order chi connectivity index (χ0) is 17.9. The summed E-state index contributed by atoms with van der Waals surface area (Å²) < 4.78 is 5.06. The lowest BCUT2D eigenvalue weighted by Crippen LogP contribution is -2.33. The summed E-state index contributed by atoms with van der Waals surface area (Å²) in [7, 11) is 0. The molecule has 1 unspecified atom stereocenters. The highest BCUT2D eigenvalue weighted by molar-refractivity contribution is 5.98. The van der Waals surface area contributed by atoms with Crippen molar-refractivity contribution in [3.63, 3.8) is 0 Å². The van der Waals surface area contributed by atoms with Crippen molar-refractivity contribution in [2.45, 2.75) is 12.8 Å². The van der Waals surface area contributed by atoms with Gasteiger partial charge in [-0.3, -0.25) is 4.79 Å². The summed E-state index contributed by atoms with van der Waals surface area (Å²) in [5, 5.41) is 19.4. The first-order chi connectivity index (χ1) is 11.4. The zero-order valence-electron chi connectivity index (χ0n) is 13.1. The zero-order valence-corrected chi connectivity index (χ0v) is 13.1. The molecule has 0 aliphatic carbocycles. The van der Waals surface area contributed by atoms with Gasteiger partial charge in [0.1, 0.15) is 5.75 Å². The number of carbonyl (C=O) groups excluding carboxylic acids is 1. The average Bonchev–Trinajstić information content (AvgIpc) is 2.53. The molecule has 1 aromatic heterocycles. The Hall–Kier alpha value is -3.09. The summed E-state index contributed by atoms with van der Waals surface area (Å²) in [5.74, 6) is -0.624. The molecule has 1 atom stereocenters. The van der Waals surface area contributed by atoms with Crippen LogP contribution in [0.15, 0.2) is 40.1 Å². The number of nitrogens with zero attached hydrogens (tertiary/aromatic N) is 1. The number of rotatable bonds is 6. The van der Waals surface area contributed by atoms with Gasteiger partial charge in [-0.1, -0.05) is 13.0 Å². The minimum absolute atomic E-state index is 0.00931. The van der Waals surface area contributed by atoms with E-state index in [1.54, 1.807) is 6.92 Å². The van der Waals surface area contributed by atoms with Crippen LogP contribution >= 0.6 is 0 Å². The molecule has 0 spiro atoms. The Morgan fingerprint density at radius 1 is 1.46 bits per heavy atom. The van der Waals surface area contributed by atoms with Crippen LogP contribution in [0.1, 0.15) is 28.8 Å². The Bertz CT molecular complexity index is 854. The van der Waals surface area contributed by atoms with Gasteiger partial charge in [-0.25, -0.2) is 9.59 Å². The number of phenols is 1. The highest BCUT2D eigenvalue weighted by atomic mass is 16.4. The fourth-order valence-corrected chi connectivity index (χ4v) is 2.60. The molecule has 1 aromatic carbocycles. The number of carbonyl (C=O) groups is 2. The van der Waals surface area contributed by atoms with Gasteiger partial charge in [0.05, 0.1) is 5.56 Å². The fourth-order valence-electron chi connectivity index (χ4n) is 2.60. The third kappa shape index (κ3) is 3.29. The van der Waals surface area contributed by atoms with E-state index in [4.69, 9.17) is 4.42 Å². The van der Waals surface area contributed by atoms with Gasteiger partial charge in [-0.15, -0.1) is 6.58 Å². The third-order valence-corrected chi connectivity index (χ3v) is 3.72. The van der Waals surface area contributed by atoms with E-state index in [-0.39, 0.29) is 35.9 Å². The number of amides is 1. The maximum atomic E-state index is 11.8. The first-order valence-corrected chi connectivity index (χ1v) is 7.22. The van der Waals surface area contributed by atoms with Crippen molar-refractivity contribution in [1.82, 2.24) is 4.90 Å². The minimum Gasteiger partial charge on any atom is -0.507 e. The highest BCUT2D eigenvalue weighted by Gasteiger charge is 2.20. The monoisotopic (exact) mass is 331 g/mol. The second-order valence-corrected chi connectivity index (χ2v) is 5.39. The van der Waals surface area contributed by atoms with Crippen molar-refractivity contribution in [3.05, 3.63) is 52.4 Å². The van der Waals surface area contributed by atoms with Crippen LogP contribution in [-0.4, -0.2) is 40.6 Å².